The molecular formula is C59H46O. The van der Waals surface area contributed by atoms with Crippen molar-refractivity contribution in [2.45, 2.75) is 20.3 Å². The predicted octanol–water partition coefficient (Wildman–Crippen LogP) is 14.4. The van der Waals surface area contributed by atoms with Crippen LogP contribution in [0.4, 0.5) is 0 Å². The first kappa shape index (κ1) is 37.1. The zero-order valence-corrected chi connectivity index (χ0v) is 34.4. The summed E-state index contributed by atoms with van der Waals surface area (Å²) < 4.78 is 5.52. The van der Waals surface area contributed by atoms with Gasteiger partial charge in [0, 0.05) is 0 Å². The van der Waals surface area contributed by atoms with Gasteiger partial charge in [0.25, 0.3) is 0 Å². The molecule has 9 aromatic carbocycles. The first-order valence-corrected chi connectivity index (χ1v) is 21.1. The lowest BCUT2D eigenvalue weighted by Gasteiger charge is -2.20. The number of fused-ring (bicyclic) bond motifs is 4. The fraction of sp³-hybridized carbons (Fsp3) is 0.0847. The summed E-state index contributed by atoms with van der Waals surface area (Å²) in [5, 5.41) is 7.18. The molecule has 1 atom stereocenters. The van der Waals surface area contributed by atoms with E-state index in [1.807, 2.05) is 12.1 Å². The van der Waals surface area contributed by atoms with Crippen molar-refractivity contribution < 1.29 is 4.74 Å². The standard InChI is InChI=1S/C59H46O/c1-5-38(2)53(40-19-9-6-10-20-40)37-54(46-28-17-27-45(39(46)3)41-31-33-44(60-4)34-32-41)47-35-36-52-57-48(47)29-18-30-51(57)58-55(42-21-11-7-12-22-42)49-25-15-16-26-50(49)56(59(52)58)43-23-13-8-14-24-43/h6-38H,3,5H2,1-2,4H3/b53-37+,54-46+. The van der Waals surface area contributed by atoms with Crippen LogP contribution in [0.25, 0.3) is 94.9 Å². The molecule has 0 spiro atoms. The number of hydrogen-bond donors (Lipinski definition) is 0. The molecule has 1 unspecified atom stereocenters. The average Bonchev–Trinajstić information content (AvgIpc) is 3.64. The van der Waals surface area contributed by atoms with E-state index < -0.39 is 0 Å². The summed E-state index contributed by atoms with van der Waals surface area (Å²) in [5.74, 6) is 1.17. The van der Waals surface area contributed by atoms with E-state index in [-0.39, 0.29) is 0 Å². The molecule has 0 heterocycles. The maximum atomic E-state index is 5.52. The van der Waals surface area contributed by atoms with Gasteiger partial charge < -0.3 is 4.74 Å². The van der Waals surface area contributed by atoms with Crippen LogP contribution in [0.1, 0.15) is 31.4 Å². The van der Waals surface area contributed by atoms with Crippen LogP contribution in [0.5, 0.6) is 5.75 Å². The maximum Gasteiger partial charge on any atom is 0.118 e. The molecule has 60 heavy (non-hydrogen) atoms. The lowest BCUT2D eigenvalue weighted by molar-refractivity contribution is 0.415. The molecular weight excluding hydrogens is 725 g/mol. The van der Waals surface area contributed by atoms with Crippen molar-refractivity contribution in [3.05, 3.63) is 216 Å². The summed E-state index contributed by atoms with van der Waals surface area (Å²) >= 11 is 0. The smallest absolute Gasteiger partial charge is 0.118 e. The Labute approximate surface area is 352 Å². The fourth-order valence-electron chi connectivity index (χ4n) is 9.54. The monoisotopic (exact) mass is 770 g/mol. The van der Waals surface area contributed by atoms with Crippen molar-refractivity contribution in [2.24, 2.45) is 5.92 Å². The Morgan fingerprint density at radius 1 is 0.517 bits per heavy atom. The van der Waals surface area contributed by atoms with E-state index in [0.717, 1.165) is 33.7 Å². The molecule has 0 aromatic heterocycles. The van der Waals surface area contributed by atoms with E-state index in [1.165, 1.54) is 88.3 Å². The second-order valence-corrected chi connectivity index (χ2v) is 15.9. The molecule has 0 amide bonds. The van der Waals surface area contributed by atoms with Gasteiger partial charge in [-0.1, -0.05) is 196 Å². The molecule has 1 aliphatic carbocycles. The van der Waals surface area contributed by atoms with Gasteiger partial charge in [-0.15, -0.1) is 0 Å². The Morgan fingerprint density at radius 2 is 1.05 bits per heavy atom. The SMILES string of the molecule is C=c1c(-c2ccc(OC)cc2)ccc/c1=C(/C=C(/c1ccccc1)C(C)CC)c1ccc2c3c(cccc13)-c1c-2c(-c2ccccc2)c2ccccc2c1-c1ccccc1. The topological polar surface area (TPSA) is 9.23 Å². The summed E-state index contributed by atoms with van der Waals surface area (Å²) in [5.41, 5.74) is 17.3. The van der Waals surface area contributed by atoms with E-state index >= 15 is 0 Å². The van der Waals surface area contributed by atoms with E-state index in [0.29, 0.717) is 5.92 Å². The van der Waals surface area contributed by atoms with Crippen LogP contribution in [0, 0.1) is 5.92 Å². The van der Waals surface area contributed by atoms with E-state index in [1.54, 1.807) is 7.11 Å². The third-order valence-electron chi connectivity index (χ3n) is 12.6. The Kier molecular flexibility index (Phi) is 9.58. The molecule has 0 fully saturated rings. The first-order chi connectivity index (χ1) is 29.6. The van der Waals surface area contributed by atoms with Crippen LogP contribution in [0.2, 0.25) is 0 Å². The Hall–Kier alpha value is -7.22. The highest BCUT2D eigenvalue weighted by Crippen LogP contribution is 2.58. The molecule has 0 aliphatic heterocycles. The minimum absolute atomic E-state index is 0.329. The second-order valence-electron chi connectivity index (χ2n) is 15.9. The van der Waals surface area contributed by atoms with Crippen molar-refractivity contribution in [2.75, 3.05) is 7.11 Å². The van der Waals surface area contributed by atoms with Crippen LogP contribution < -0.4 is 15.2 Å². The highest BCUT2D eigenvalue weighted by Gasteiger charge is 2.31. The third-order valence-corrected chi connectivity index (χ3v) is 12.6. The molecule has 0 bridgehead atoms. The van der Waals surface area contributed by atoms with Gasteiger partial charge in [0.1, 0.15) is 5.75 Å². The highest BCUT2D eigenvalue weighted by molar-refractivity contribution is 6.28. The average molecular weight is 771 g/mol. The third kappa shape index (κ3) is 6.17. The van der Waals surface area contributed by atoms with Crippen molar-refractivity contribution in [1.29, 1.82) is 0 Å². The van der Waals surface area contributed by atoms with Gasteiger partial charge in [-0.2, -0.15) is 0 Å². The fourth-order valence-corrected chi connectivity index (χ4v) is 9.54. The molecule has 0 N–H and O–H groups in total. The van der Waals surface area contributed by atoms with Gasteiger partial charge in [-0.05, 0) is 140 Å². The Morgan fingerprint density at radius 3 is 1.65 bits per heavy atom. The Balaban J connectivity index is 1.33. The molecule has 0 saturated heterocycles. The van der Waals surface area contributed by atoms with Gasteiger partial charge >= 0.3 is 0 Å². The minimum Gasteiger partial charge on any atom is -0.497 e. The van der Waals surface area contributed by atoms with Gasteiger partial charge in [-0.25, -0.2) is 0 Å². The highest BCUT2D eigenvalue weighted by atomic mass is 16.5. The number of rotatable bonds is 9. The van der Waals surface area contributed by atoms with E-state index in [2.05, 4.69) is 196 Å². The van der Waals surface area contributed by atoms with Gasteiger partial charge in [-0.3, -0.25) is 0 Å². The van der Waals surface area contributed by atoms with Gasteiger partial charge in [0.05, 0.1) is 7.11 Å². The molecule has 0 saturated carbocycles. The van der Waals surface area contributed by atoms with Crippen molar-refractivity contribution in [1.82, 2.24) is 0 Å². The lowest BCUT2D eigenvalue weighted by atomic mass is 9.82. The van der Waals surface area contributed by atoms with E-state index in [9.17, 15) is 0 Å². The van der Waals surface area contributed by atoms with Crippen LogP contribution in [0.15, 0.2) is 194 Å². The molecule has 0 radical (unpaired) electrons. The molecule has 288 valence electrons. The molecule has 1 aliphatic rings. The quantitative estimate of drug-likeness (QED) is 0.142. The summed E-state index contributed by atoms with van der Waals surface area (Å²) in [6, 6.07) is 68.5. The summed E-state index contributed by atoms with van der Waals surface area (Å²) in [6.07, 6.45) is 3.49. The number of methoxy groups -OCH3 is 1. The first-order valence-electron chi connectivity index (χ1n) is 21.1. The van der Waals surface area contributed by atoms with Crippen LogP contribution >= 0.6 is 0 Å². The zero-order valence-electron chi connectivity index (χ0n) is 34.4. The summed E-state index contributed by atoms with van der Waals surface area (Å²) in [6.45, 7) is 9.46. The van der Waals surface area contributed by atoms with E-state index in [4.69, 9.17) is 11.3 Å². The maximum absolute atomic E-state index is 5.52. The summed E-state index contributed by atoms with van der Waals surface area (Å²) in [4.78, 5) is 0. The Bertz CT molecular complexity index is 3120. The van der Waals surface area contributed by atoms with Crippen LogP contribution in [-0.2, 0) is 0 Å². The predicted molar refractivity (Wildman–Crippen MR) is 256 cm³/mol. The lowest BCUT2D eigenvalue weighted by Crippen LogP contribution is -2.27. The van der Waals surface area contributed by atoms with Crippen molar-refractivity contribution in [3.8, 4) is 61.4 Å². The van der Waals surface area contributed by atoms with Crippen LogP contribution in [-0.4, -0.2) is 7.11 Å². The van der Waals surface area contributed by atoms with Crippen molar-refractivity contribution in [3.63, 3.8) is 0 Å². The number of ether oxygens (including phenoxy) is 1. The molecule has 9 aromatic rings. The number of hydrogen-bond acceptors (Lipinski definition) is 1. The zero-order chi connectivity index (χ0) is 40.7. The van der Waals surface area contributed by atoms with Gasteiger partial charge in [0.2, 0.25) is 0 Å². The normalized spacial score (nSPS) is 13.0. The minimum atomic E-state index is 0.329. The summed E-state index contributed by atoms with van der Waals surface area (Å²) in [7, 11) is 1.71. The van der Waals surface area contributed by atoms with Crippen molar-refractivity contribution >= 4 is 39.3 Å². The molecule has 1 nitrogen and oxygen atoms in total. The van der Waals surface area contributed by atoms with Gasteiger partial charge in [0.15, 0.2) is 0 Å². The number of benzene rings is 9. The van der Waals surface area contributed by atoms with Crippen LogP contribution in [0.3, 0.4) is 0 Å². The largest absolute Gasteiger partial charge is 0.497 e. The number of allylic oxidation sites excluding steroid dienone is 2. The molecule has 1 heteroatoms. The molecule has 10 rings (SSSR count). The second kappa shape index (κ2) is 15.5.